The molecule has 4 rings (SSSR count). The molecule has 0 radical (unpaired) electrons. The second kappa shape index (κ2) is 9.18. The van der Waals surface area contributed by atoms with Crippen molar-refractivity contribution in [2.75, 3.05) is 7.11 Å². The average Bonchev–Trinajstić information content (AvgIpc) is 3.44. The van der Waals surface area contributed by atoms with Gasteiger partial charge in [-0.15, -0.1) is 10.2 Å². The van der Waals surface area contributed by atoms with Crippen molar-refractivity contribution in [3.05, 3.63) is 78.0 Å². The van der Waals surface area contributed by atoms with Gasteiger partial charge in [0, 0.05) is 29.3 Å². The van der Waals surface area contributed by atoms with E-state index in [2.05, 4.69) is 45.7 Å². The number of rotatable bonds is 7. The van der Waals surface area contributed by atoms with Crippen molar-refractivity contribution in [1.82, 2.24) is 19.7 Å². The number of hydrogen-bond donors (Lipinski definition) is 0. The highest BCUT2D eigenvalue weighted by Crippen LogP contribution is 2.33. The molecule has 0 aliphatic carbocycles. The lowest BCUT2D eigenvalue weighted by molar-refractivity contribution is 0.0564. The third-order valence-electron chi connectivity index (χ3n) is 4.83. The first-order valence-electron chi connectivity index (χ1n) is 9.82. The van der Waals surface area contributed by atoms with E-state index in [1.165, 1.54) is 30.7 Å². The van der Waals surface area contributed by atoms with Crippen LogP contribution in [0.15, 0.2) is 70.7 Å². The van der Waals surface area contributed by atoms with Crippen molar-refractivity contribution in [2.24, 2.45) is 0 Å². The molecule has 0 aliphatic heterocycles. The molecule has 4 aromatic rings. The van der Waals surface area contributed by atoms with Gasteiger partial charge in [-0.25, -0.2) is 4.79 Å². The zero-order valence-corrected chi connectivity index (χ0v) is 18.3. The summed E-state index contributed by atoms with van der Waals surface area (Å²) in [6, 6.07) is 13.8. The van der Waals surface area contributed by atoms with Crippen molar-refractivity contribution in [3.8, 4) is 17.1 Å². The third-order valence-corrected chi connectivity index (χ3v) is 5.80. The minimum Gasteiger partial charge on any atom is -0.463 e. The number of pyridine rings is 1. The molecule has 0 bridgehead atoms. The molecule has 3 heterocycles. The normalized spacial score (nSPS) is 11.1. The molecule has 0 aliphatic rings. The van der Waals surface area contributed by atoms with Gasteiger partial charge in [0.15, 0.2) is 11.0 Å². The summed E-state index contributed by atoms with van der Waals surface area (Å²) in [5.41, 5.74) is 3.82. The first-order valence-corrected chi connectivity index (χ1v) is 10.8. The lowest BCUT2D eigenvalue weighted by Gasteiger charge is -2.16. The maximum atomic E-state index is 11.9. The Balaban J connectivity index is 1.77. The van der Waals surface area contributed by atoms with E-state index >= 15 is 0 Å². The summed E-state index contributed by atoms with van der Waals surface area (Å²) in [5.74, 6) is 1.22. The maximum Gasteiger partial charge on any atom is 0.374 e. The van der Waals surface area contributed by atoms with Gasteiger partial charge in [-0.1, -0.05) is 43.8 Å². The van der Waals surface area contributed by atoms with Gasteiger partial charge in [-0.2, -0.15) is 0 Å². The van der Waals surface area contributed by atoms with Gasteiger partial charge >= 0.3 is 5.97 Å². The number of esters is 1. The van der Waals surface area contributed by atoms with E-state index in [0.29, 0.717) is 22.7 Å². The molecule has 0 spiro atoms. The topological polar surface area (TPSA) is 83.0 Å². The highest BCUT2D eigenvalue weighted by molar-refractivity contribution is 7.98. The second-order valence-corrected chi connectivity index (χ2v) is 8.09. The summed E-state index contributed by atoms with van der Waals surface area (Å²) in [7, 11) is 1.33. The number of carbonyl (C=O) groups excluding carboxylic acids is 1. The molecule has 0 atom stereocenters. The summed E-state index contributed by atoms with van der Waals surface area (Å²) >= 11 is 1.48. The van der Waals surface area contributed by atoms with Gasteiger partial charge in [-0.3, -0.25) is 9.55 Å². The predicted molar refractivity (Wildman–Crippen MR) is 118 cm³/mol. The summed E-state index contributed by atoms with van der Waals surface area (Å²) in [5, 5.41) is 9.65. The third kappa shape index (κ3) is 4.25. The van der Waals surface area contributed by atoms with Crippen LogP contribution < -0.4 is 0 Å². The van der Waals surface area contributed by atoms with Crippen LogP contribution in [0.5, 0.6) is 0 Å². The van der Waals surface area contributed by atoms with Crippen molar-refractivity contribution in [2.45, 2.75) is 30.7 Å². The number of hydrogen-bond acceptors (Lipinski definition) is 7. The van der Waals surface area contributed by atoms with E-state index in [-0.39, 0.29) is 5.76 Å². The Labute approximate surface area is 184 Å². The molecule has 0 N–H and O–H groups in total. The molecule has 7 nitrogen and oxygen atoms in total. The number of aromatic nitrogens is 4. The van der Waals surface area contributed by atoms with Crippen molar-refractivity contribution < 1.29 is 13.9 Å². The van der Waals surface area contributed by atoms with Crippen LogP contribution in [0.1, 0.15) is 41.4 Å². The van der Waals surface area contributed by atoms with Gasteiger partial charge in [0.05, 0.1) is 19.1 Å². The van der Waals surface area contributed by atoms with Crippen molar-refractivity contribution in [3.63, 3.8) is 0 Å². The Morgan fingerprint density at radius 2 is 2.00 bits per heavy atom. The standard InChI is InChI=1S/C23H22N4O3S/c1-15(2)18-8-4-5-9-19(18)27-21(16-7-6-11-24-13-16)25-26-23(27)31-14-17-10-12-30-20(17)22(28)29-3/h4-13,15H,14H2,1-3H3. The number of carbonyl (C=O) groups is 1. The smallest absolute Gasteiger partial charge is 0.374 e. The molecular formula is C23H22N4O3S. The van der Waals surface area contributed by atoms with Crippen LogP contribution in [0.2, 0.25) is 0 Å². The molecule has 1 aromatic carbocycles. The van der Waals surface area contributed by atoms with Gasteiger partial charge < -0.3 is 9.15 Å². The largest absolute Gasteiger partial charge is 0.463 e. The summed E-state index contributed by atoms with van der Waals surface area (Å²) < 4.78 is 12.2. The predicted octanol–water partition coefficient (Wildman–Crippen LogP) is 5.12. The molecule has 0 fully saturated rings. The monoisotopic (exact) mass is 434 g/mol. The molecular weight excluding hydrogens is 412 g/mol. The van der Waals surface area contributed by atoms with Crippen molar-refractivity contribution in [1.29, 1.82) is 0 Å². The van der Waals surface area contributed by atoms with Crippen LogP contribution in [0.4, 0.5) is 0 Å². The van der Waals surface area contributed by atoms with Gasteiger partial charge in [0.1, 0.15) is 0 Å². The van der Waals surface area contributed by atoms with E-state index in [4.69, 9.17) is 9.15 Å². The Hall–Kier alpha value is -3.39. The first kappa shape index (κ1) is 20.9. The average molecular weight is 435 g/mol. The van der Waals surface area contributed by atoms with E-state index in [1.54, 1.807) is 18.5 Å². The fourth-order valence-electron chi connectivity index (χ4n) is 3.31. The van der Waals surface area contributed by atoms with Crippen LogP contribution in [-0.4, -0.2) is 32.8 Å². The van der Waals surface area contributed by atoms with Crippen molar-refractivity contribution >= 4 is 17.7 Å². The highest BCUT2D eigenvalue weighted by Gasteiger charge is 2.21. The number of ether oxygens (including phenoxy) is 1. The lowest BCUT2D eigenvalue weighted by Crippen LogP contribution is -2.05. The molecule has 0 unspecified atom stereocenters. The summed E-state index contributed by atoms with van der Waals surface area (Å²) in [6.45, 7) is 4.32. The number of para-hydroxylation sites is 1. The SMILES string of the molecule is COC(=O)c1occc1CSc1nnc(-c2cccnc2)n1-c1ccccc1C(C)C. The minimum atomic E-state index is -0.497. The van der Waals surface area contributed by atoms with Gasteiger partial charge in [0.2, 0.25) is 5.76 Å². The first-order chi connectivity index (χ1) is 15.1. The molecule has 3 aromatic heterocycles. The summed E-state index contributed by atoms with van der Waals surface area (Å²) in [4.78, 5) is 16.2. The zero-order valence-electron chi connectivity index (χ0n) is 17.5. The zero-order chi connectivity index (χ0) is 21.8. The van der Waals surface area contributed by atoms with Crippen LogP contribution in [0, 0.1) is 0 Å². The number of nitrogens with zero attached hydrogens (tertiary/aromatic N) is 4. The number of methoxy groups -OCH3 is 1. The Bertz CT molecular complexity index is 1180. The Kier molecular flexibility index (Phi) is 6.18. The van der Waals surface area contributed by atoms with Crippen LogP contribution in [0.25, 0.3) is 17.1 Å². The fourth-order valence-corrected chi connectivity index (χ4v) is 4.23. The second-order valence-electron chi connectivity index (χ2n) is 7.15. The molecule has 31 heavy (non-hydrogen) atoms. The molecule has 8 heteroatoms. The Morgan fingerprint density at radius 3 is 2.74 bits per heavy atom. The molecule has 0 saturated carbocycles. The van der Waals surface area contributed by atoms with E-state index in [1.807, 2.05) is 24.3 Å². The minimum absolute atomic E-state index is 0.205. The highest BCUT2D eigenvalue weighted by atomic mass is 32.2. The Morgan fingerprint density at radius 1 is 1.16 bits per heavy atom. The van der Waals surface area contributed by atoms with Gasteiger partial charge in [0.25, 0.3) is 0 Å². The van der Waals surface area contributed by atoms with E-state index < -0.39 is 5.97 Å². The number of furan rings is 1. The van der Waals surface area contributed by atoms with Gasteiger partial charge in [-0.05, 0) is 35.7 Å². The van der Waals surface area contributed by atoms with E-state index in [0.717, 1.165) is 16.8 Å². The summed E-state index contributed by atoms with van der Waals surface area (Å²) in [6.07, 6.45) is 5.00. The molecule has 0 saturated heterocycles. The maximum absolute atomic E-state index is 11.9. The van der Waals surface area contributed by atoms with Crippen LogP contribution >= 0.6 is 11.8 Å². The quantitative estimate of drug-likeness (QED) is 0.295. The molecule has 0 amide bonds. The van der Waals surface area contributed by atoms with Crippen LogP contribution in [-0.2, 0) is 10.5 Å². The fraction of sp³-hybridized carbons (Fsp3) is 0.217. The molecule has 158 valence electrons. The number of thioether (sulfide) groups is 1. The van der Waals surface area contributed by atoms with E-state index in [9.17, 15) is 4.79 Å². The number of benzene rings is 1. The lowest BCUT2D eigenvalue weighted by atomic mass is 10.0. The van der Waals surface area contributed by atoms with Crippen LogP contribution in [0.3, 0.4) is 0 Å².